The van der Waals surface area contributed by atoms with Crippen molar-refractivity contribution in [3.63, 3.8) is 0 Å². The van der Waals surface area contributed by atoms with Gasteiger partial charge in [-0.25, -0.2) is 0 Å². The molecular weight excluding hydrogens is 216 g/mol. The molecule has 1 aliphatic rings. The Morgan fingerprint density at radius 2 is 2.43 bits per heavy atom. The second kappa shape index (κ2) is 4.96. The zero-order valence-electron chi connectivity index (χ0n) is 7.68. The first kappa shape index (κ1) is 10.2. The third-order valence-corrected chi connectivity index (χ3v) is 4.17. The molecule has 1 fully saturated rings. The van der Waals surface area contributed by atoms with Gasteiger partial charge in [0.15, 0.2) is 0 Å². The molecule has 2 rings (SSSR count). The van der Waals surface area contributed by atoms with E-state index < -0.39 is 0 Å². The van der Waals surface area contributed by atoms with Crippen molar-refractivity contribution in [2.45, 2.75) is 10.3 Å². The Balaban J connectivity index is 1.95. The van der Waals surface area contributed by atoms with Gasteiger partial charge in [-0.1, -0.05) is 17.8 Å². The van der Waals surface area contributed by atoms with E-state index in [1.54, 1.807) is 23.9 Å². The summed E-state index contributed by atoms with van der Waals surface area (Å²) in [4.78, 5) is 1.07. The molecular formula is C10H12O2S2. The molecule has 1 aromatic rings. The van der Waals surface area contributed by atoms with Gasteiger partial charge in [0, 0.05) is 16.4 Å². The third-order valence-electron chi connectivity index (χ3n) is 1.87. The largest absolute Gasteiger partial charge is 0.508 e. The highest BCUT2D eigenvalue weighted by molar-refractivity contribution is 8.03. The van der Waals surface area contributed by atoms with Crippen LogP contribution in [-0.2, 0) is 4.74 Å². The van der Waals surface area contributed by atoms with Crippen LogP contribution in [0.3, 0.4) is 0 Å². The Kier molecular flexibility index (Phi) is 3.61. The van der Waals surface area contributed by atoms with Gasteiger partial charge in [-0.3, -0.25) is 0 Å². The monoisotopic (exact) mass is 228 g/mol. The lowest BCUT2D eigenvalue weighted by Crippen LogP contribution is -2.19. The molecule has 0 bridgehead atoms. The zero-order valence-corrected chi connectivity index (χ0v) is 9.31. The number of hydrogen-bond donors (Lipinski definition) is 1. The molecule has 1 atom stereocenters. The van der Waals surface area contributed by atoms with Gasteiger partial charge in [0.1, 0.15) is 11.2 Å². The fraction of sp³-hybridized carbons (Fsp3) is 0.400. The lowest BCUT2D eigenvalue weighted by atomic mass is 10.3. The molecule has 1 aromatic carbocycles. The van der Waals surface area contributed by atoms with E-state index in [1.165, 1.54) is 0 Å². The van der Waals surface area contributed by atoms with E-state index >= 15 is 0 Å². The van der Waals surface area contributed by atoms with Crippen molar-refractivity contribution < 1.29 is 9.84 Å². The minimum absolute atomic E-state index is 0.232. The van der Waals surface area contributed by atoms with Gasteiger partial charge in [-0.05, 0) is 18.2 Å². The summed E-state index contributed by atoms with van der Waals surface area (Å²) in [6.45, 7) is 0.834. The summed E-state index contributed by atoms with van der Waals surface area (Å²) in [5, 5.41) is 9.28. The number of rotatable bonds is 2. The molecule has 1 unspecified atom stereocenters. The van der Waals surface area contributed by atoms with Crippen molar-refractivity contribution in [1.82, 2.24) is 0 Å². The third kappa shape index (κ3) is 2.83. The van der Waals surface area contributed by atoms with Crippen LogP contribution in [0.1, 0.15) is 0 Å². The van der Waals surface area contributed by atoms with Crippen LogP contribution in [0.25, 0.3) is 0 Å². The van der Waals surface area contributed by atoms with Crippen LogP contribution in [0.5, 0.6) is 5.75 Å². The molecule has 1 aliphatic heterocycles. The molecule has 0 spiro atoms. The predicted octanol–water partition coefficient (Wildman–Crippen LogP) is 2.57. The standard InChI is InChI=1S/C10H12O2S2/c11-8-2-1-3-9(6-8)14-10-7-13-5-4-12-10/h1-3,6,10-11H,4-5,7H2. The number of aromatic hydroxyl groups is 1. The normalized spacial score (nSPS) is 22.1. The number of thioether (sulfide) groups is 2. The van der Waals surface area contributed by atoms with E-state index in [9.17, 15) is 5.11 Å². The maximum absolute atomic E-state index is 9.28. The number of ether oxygens (including phenoxy) is 1. The van der Waals surface area contributed by atoms with Crippen molar-refractivity contribution in [2.24, 2.45) is 0 Å². The molecule has 1 N–H and O–H groups in total. The first-order valence-electron chi connectivity index (χ1n) is 4.49. The van der Waals surface area contributed by atoms with Crippen molar-refractivity contribution in [1.29, 1.82) is 0 Å². The van der Waals surface area contributed by atoms with Gasteiger partial charge in [-0.15, -0.1) is 0 Å². The molecule has 0 radical (unpaired) electrons. The number of benzene rings is 1. The molecule has 0 amide bonds. The number of phenolic OH excluding ortho intramolecular Hbond substituents is 1. The molecule has 0 aromatic heterocycles. The predicted molar refractivity (Wildman–Crippen MR) is 61.0 cm³/mol. The Bertz CT molecular complexity index is 298. The van der Waals surface area contributed by atoms with E-state index in [4.69, 9.17) is 4.74 Å². The minimum Gasteiger partial charge on any atom is -0.508 e. The summed E-state index contributed by atoms with van der Waals surface area (Å²) in [6.07, 6.45) is 0. The van der Waals surface area contributed by atoms with Crippen LogP contribution >= 0.6 is 23.5 Å². The molecule has 1 saturated heterocycles. The quantitative estimate of drug-likeness (QED) is 0.842. The molecule has 0 saturated carbocycles. The van der Waals surface area contributed by atoms with Gasteiger partial charge < -0.3 is 9.84 Å². The summed E-state index contributed by atoms with van der Waals surface area (Å²) in [5.41, 5.74) is 0.232. The highest BCUT2D eigenvalue weighted by atomic mass is 32.2. The van der Waals surface area contributed by atoms with E-state index in [0.717, 1.165) is 23.0 Å². The highest BCUT2D eigenvalue weighted by Gasteiger charge is 2.15. The van der Waals surface area contributed by atoms with Crippen LogP contribution in [0, 0.1) is 0 Å². The molecule has 14 heavy (non-hydrogen) atoms. The van der Waals surface area contributed by atoms with Crippen LogP contribution in [-0.4, -0.2) is 28.7 Å². The Morgan fingerprint density at radius 1 is 1.50 bits per heavy atom. The molecule has 1 heterocycles. The molecule has 0 aliphatic carbocycles. The maximum Gasteiger partial charge on any atom is 0.116 e. The Morgan fingerprint density at radius 3 is 3.14 bits per heavy atom. The Labute approximate surface area is 92.0 Å². The minimum atomic E-state index is 0.232. The summed E-state index contributed by atoms with van der Waals surface area (Å²) in [5.74, 6) is 2.44. The maximum atomic E-state index is 9.28. The average Bonchev–Trinajstić information content (AvgIpc) is 2.19. The van der Waals surface area contributed by atoms with Crippen LogP contribution in [0.4, 0.5) is 0 Å². The van der Waals surface area contributed by atoms with Crippen LogP contribution in [0.15, 0.2) is 29.2 Å². The summed E-state index contributed by atoms with van der Waals surface area (Å²) in [6, 6.07) is 7.30. The van der Waals surface area contributed by atoms with E-state index in [1.807, 2.05) is 23.9 Å². The topological polar surface area (TPSA) is 29.5 Å². The first-order valence-corrected chi connectivity index (χ1v) is 6.53. The SMILES string of the molecule is Oc1cccc(SC2CSCCO2)c1. The average molecular weight is 228 g/mol. The van der Waals surface area contributed by atoms with Gasteiger partial charge in [0.2, 0.25) is 0 Å². The highest BCUT2D eigenvalue weighted by Crippen LogP contribution is 2.30. The number of hydrogen-bond acceptors (Lipinski definition) is 4. The van der Waals surface area contributed by atoms with Crippen molar-refractivity contribution in [3.05, 3.63) is 24.3 Å². The van der Waals surface area contributed by atoms with Gasteiger partial charge in [0.05, 0.1) is 6.61 Å². The second-order valence-electron chi connectivity index (χ2n) is 2.99. The van der Waals surface area contributed by atoms with Gasteiger partial charge in [-0.2, -0.15) is 11.8 Å². The molecule has 2 nitrogen and oxygen atoms in total. The van der Waals surface area contributed by atoms with Gasteiger partial charge >= 0.3 is 0 Å². The van der Waals surface area contributed by atoms with Gasteiger partial charge in [0.25, 0.3) is 0 Å². The molecule has 76 valence electrons. The molecule has 4 heteroatoms. The lowest BCUT2D eigenvalue weighted by molar-refractivity contribution is 0.136. The fourth-order valence-electron chi connectivity index (χ4n) is 1.24. The van der Waals surface area contributed by atoms with E-state index in [-0.39, 0.29) is 5.44 Å². The zero-order chi connectivity index (χ0) is 9.80. The smallest absolute Gasteiger partial charge is 0.116 e. The van der Waals surface area contributed by atoms with Crippen LogP contribution < -0.4 is 0 Å². The first-order chi connectivity index (χ1) is 6.84. The number of phenols is 1. The van der Waals surface area contributed by atoms with Crippen molar-refractivity contribution in [3.8, 4) is 5.75 Å². The Hall–Kier alpha value is -0.320. The van der Waals surface area contributed by atoms with E-state index in [0.29, 0.717) is 5.75 Å². The summed E-state index contributed by atoms with van der Waals surface area (Å²) < 4.78 is 5.58. The van der Waals surface area contributed by atoms with Crippen molar-refractivity contribution >= 4 is 23.5 Å². The lowest BCUT2D eigenvalue weighted by Gasteiger charge is -2.21. The summed E-state index contributed by atoms with van der Waals surface area (Å²) >= 11 is 3.59. The van der Waals surface area contributed by atoms with Crippen LogP contribution in [0.2, 0.25) is 0 Å². The van der Waals surface area contributed by atoms with Crippen molar-refractivity contribution in [2.75, 3.05) is 18.1 Å². The fourth-order valence-corrected chi connectivity index (χ4v) is 3.29. The van der Waals surface area contributed by atoms with E-state index in [2.05, 4.69) is 0 Å². The summed E-state index contributed by atoms with van der Waals surface area (Å²) in [7, 11) is 0. The second-order valence-corrected chi connectivity index (χ2v) is 5.37.